The molecule has 2 aromatic heterocycles. The van der Waals surface area contributed by atoms with E-state index in [4.69, 9.17) is 11.6 Å². The molecule has 0 unspecified atom stereocenters. The van der Waals surface area contributed by atoms with Crippen molar-refractivity contribution in [2.75, 3.05) is 6.54 Å². The van der Waals surface area contributed by atoms with Crippen molar-refractivity contribution in [1.82, 2.24) is 14.7 Å². The predicted octanol–water partition coefficient (Wildman–Crippen LogP) is 1.65. The highest BCUT2D eigenvalue weighted by Gasteiger charge is 2.17. The van der Waals surface area contributed by atoms with Crippen molar-refractivity contribution >= 4 is 21.6 Å². The Morgan fingerprint density at radius 3 is 2.68 bits per heavy atom. The van der Waals surface area contributed by atoms with Crippen molar-refractivity contribution in [3.63, 3.8) is 0 Å². The van der Waals surface area contributed by atoms with Gasteiger partial charge in [0.05, 0.1) is 0 Å². The van der Waals surface area contributed by atoms with Crippen molar-refractivity contribution in [3.8, 4) is 0 Å². The SMILES string of the molecule is O=S(=O)(NCCc1cccnc1)c1cccnc1Cl. The summed E-state index contributed by atoms with van der Waals surface area (Å²) in [5.41, 5.74) is 0.961. The molecule has 2 aromatic rings. The minimum absolute atomic E-state index is 0.0112. The zero-order valence-electron chi connectivity index (χ0n) is 9.95. The van der Waals surface area contributed by atoms with E-state index in [0.29, 0.717) is 6.42 Å². The van der Waals surface area contributed by atoms with E-state index in [1.165, 1.54) is 18.3 Å². The Bertz CT molecular complexity index is 647. The average molecular weight is 298 g/mol. The maximum absolute atomic E-state index is 12.0. The smallest absolute Gasteiger partial charge is 0.243 e. The molecule has 0 aliphatic rings. The summed E-state index contributed by atoms with van der Waals surface area (Å²) in [5.74, 6) is 0. The monoisotopic (exact) mass is 297 g/mol. The number of sulfonamides is 1. The Morgan fingerprint density at radius 1 is 1.21 bits per heavy atom. The number of hydrogen-bond acceptors (Lipinski definition) is 4. The Balaban J connectivity index is 2.01. The minimum Gasteiger partial charge on any atom is -0.264 e. The normalized spacial score (nSPS) is 11.4. The van der Waals surface area contributed by atoms with Crippen LogP contribution in [0, 0.1) is 0 Å². The van der Waals surface area contributed by atoms with Crippen LogP contribution >= 0.6 is 11.6 Å². The summed E-state index contributed by atoms with van der Waals surface area (Å²) in [7, 11) is -3.63. The average Bonchev–Trinajstić information content (AvgIpc) is 2.40. The van der Waals surface area contributed by atoms with E-state index < -0.39 is 10.0 Å². The summed E-state index contributed by atoms with van der Waals surface area (Å²) in [6.45, 7) is 0.277. The van der Waals surface area contributed by atoms with Gasteiger partial charge in [0, 0.05) is 25.1 Å². The molecular weight excluding hydrogens is 286 g/mol. The van der Waals surface area contributed by atoms with Gasteiger partial charge in [-0.1, -0.05) is 17.7 Å². The van der Waals surface area contributed by atoms with Gasteiger partial charge in [-0.3, -0.25) is 4.98 Å². The van der Waals surface area contributed by atoms with Gasteiger partial charge in [-0.25, -0.2) is 18.1 Å². The fourth-order valence-corrected chi connectivity index (χ4v) is 3.01. The first-order valence-electron chi connectivity index (χ1n) is 5.59. The molecule has 7 heteroatoms. The summed E-state index contributed by atoms with van der Waals surface area (Å²) in [5, 5.41) is -0.0311. The van der Waals surface area contributed by atoms with Crippen LogP contribution < -0.4 is 4.72 Å². The second-order valence-electron chi connectivity index (χ2n) is 3.80. The predicted molar refractivity (Wildman–Crippen MR) is 72.4 cm³/mol. The van der Waals surface area contributed by atoms with E-state index in [1.807, 2.05) is 12.1 Å². The molecule has 0 aromatic carbocycles. The zero-order chi connectivity index (χ0) is 13.7. The van der Waals surface area contributed by atoms with Gasteiger partial charge in [-0.15, -0.1) is 0 Å². The van der Waals surface area contributed by atoms with Crippen LogP contribution in [-0.2, 0) is 16.4 Å². The third-order valence-electron chi connectivity index (χ3n) is 2.44. The summed E-state index contributed by atoms with van der Waals surface area (Å²) >= 11 is 5.76. The van der Waals surface area contributed by atoms with Crippen LogP contribution in [0.1, 0.15) is 5.56 Å². The lowest BCUT2D eigenvalue weighted by Gasteiger charge is -2.07. The molecule has 0 atom stereocenters. The molecule has 0 radical (unpaired) electrons. The standard InChI is InChI=1S/C12H12ClN3O2S/c13-12-11(4-2-7-15-12)19(17,18)16-8-5-10-3-1-6-14-9-10/h1-4,6-7,9,16H,5,8H2. The lowest BCUT2D eigenvalue weighted by atomic mass is 10.2. The largest absolute Gasteiger partial charge is 0.264 e. The number of pyridine rings is 2. The number of hydrogen-bond donors (Lipinski definition) is 1. The number of halogens is 1. The maximum Gasteiger partial charge on any atom is 0.243 e. The van der Waals surface area contributed by atoms with Gasteiger partial charge in [0.2, 0.25) is 10.0 Å². The summed E-state index contributed by atoms with van der Waals surface area (Å²) in [4.78, 5) is 7.70. The summed E-state index contributed by atoms with van der Waals surface area (Å²) in [6.07, 6.45) is 5.37. The first-order valence-corrected chi connectivity index (χ1v) is 7.45. The molecule has 1 N–H and O–H groups in total. The van der Waals surface area contributed by atoms with E-state index in [1.54, 1.807) is 12.4 Å². The maximum atomic E-state index is 12.0. The second kappa shape index (κ2) is 6.10. The molecule has 0 aliphatic carbocycles. The number of rotatable bonds is 5. The van der Waals surface area contributed by atoms with Gasteiger partial charge >= 0.3 is 0 Å². The van der Waals surface area contributed by atoms with Crippen molar-refractivity contribution in [2.45, 2.75) is 11.3 Å². The quantitative estimate of drug-likeness (QED) is 0.852. The molecule has 2 rings (SSSR count). The van der Waals surface area contributed by atoms with Gasteiger partial charge in [0.15, 0.2) is 0 Å². The molecule has 5 nitrogen and oxygen atoms in total. The number of nitrogens with zero attached hydrogens (tertiary/aromatic N) is 2. The van der Waals surface area contributed by atoms with E-state index >= 15 is 0 Å². The van der Waals surface area contributed by atoms with Crippen LogP contribution in [0.25, 0.3) is 0 Å². The fraction of sp³-hybridized carbons (Fsp3) is 0.167. The highest BCUT2D eigenvalue weighted by Crippen LogP contribution is 2.17. The number of nitrogens with one attached hydrogen (secondary N) is 1. The van der Waals surface area contributed by atoms with Crippen molar-refractivity contribution in [2.24, 2.45) is 0 Å². The lowest BCUT2D eigenvalue weighted by Crippen LogP contribution is -2.26. The minimum atomic E-state index is -3.63. The van der Waals surface area contributed by atoms with Crippen LogP contribution in [0.3, 0.4) is 0 Å². The Morgan fingerprint density at radius 2 is 2.00 bits per heavy atom. The van der Waals surface area contributed by atoms with E-state index in [0.717, 1.165) is 5.56 Å². The Kier molecular flexibility index (Phi) is 4.47. The third-order valence-corrected chi connectivity index (χ3v) is 4.35. The molecule has 0 saturated carbocycles. The zero-order valence-corrected chi connectivity index (χ0v) is 11.5. The molecule has 0 amide bonds. The van der Waals surface area contributed by atoms with Crippen LogP contribution in [0.15, 0.2) is 47.8 Å². The van der Waals surface area contributed by atoms with E-state index in [-0.39, 0.29) is 16.6 Å². The molecule has 0 saturated heterocycles. The molecule has 100 valence electrons. The van der Waals surface area contributed by atoms with Crippen molar-refractivity contribution < 1.29 is 8.42 Å². The molecule has 0 aliphatic heterocycles. The summed E-state index contributed by atoms with van der Waals surface area (Å²) in [6, 6.07) is 6.64. The molecular formula is C12H12ClN3O2S. The van der Waals surface area contributed by atoms with Gasteiger partial charge in [-0.05, 0) is 30.2 Å². The van der Waals surface area contributed by atoms with Gasteiger partial charge in [0.1, 0.15) is 10.0 Å². The van der Waals surface area contributed by atoms with Crippen molar-refractivity contribution in [1.29, 1.82) is 0 Å². The molecule has 0 fully saturated rings. The number of aromatic nitrogens is 2. The first kappa shape index (κ1) is 13.9. The van der Waals surface area contributed by atoms with Crippen LogP contribution in [-0.4, -0.2) is 24.9 Å². The van der Waals surface area contributed by atoms with Crippen LogP contribution in [0.5, 0.6) is 0 Å². The molecule has 2 heterocycles. The summed E-state index contributed by atoms with van der Waals surface area (Å²) < 4.78 is 26.5. The van der Waals surface area contributed by atoms with E-state index in [9.17, 15) is 8.42 Å². The molecule has 19 heavy (non-hydrogen) atoms. The van der Waals surface area contributed by atoms with Gasteiger partial charge < -0.3 is 0 Å². The second-order valence-corrected chi connectivity index (χ2v) is 5.89. The molecule has 0 spiro atoms. The van der Waals surface area contributed by atoms with Gasteiger partial charge in [0.25, 0.3) is 0 Å². The fourth-order valence-electron chi connectivity index (χ4n) is 1.53. The highest BCUT2D eigenvalue weighted by molar-refractivity contribution is 7.89. The van der Waals surface area contributed by atoms with Gasteiger partial charge in [-0.2, -0.15) is 0 Å². The lowest BCUT2D eigenvalue weighted by molar-refractivity contribution is 0.581. The molecule has 0 bridgehead atoms. The topological polar surface area (TPSA) is 72.0 Å². The van der Waals surface area contributed by atoms with E-state index in [2.05, 4.69) is 14.7 Å². The first-order chi connectivity index (χ1) is 9.09. The van der Waals surface area contributed by atoms with Crippen molar-refractivity contribution in [3.05, 3.63) is 53.6 Å². The third kappa shape index (κ3) is 3.73. The Labute approximate surface area is 116 Å². The Hall–Kier alpha value is -1.50. The highest BCUT2D eigenvalue weighted by atomic mass is 35.5. The van der Waals surface area contributed by atoms with Crippen LogP contribution in [0.2, 0.25) is 5.15 Å². The van der Waals surface area contributed by atoms with Crippen LogP contribution in [0.4, 0.5) is 0 Å².